The Balaban J connectivity index is 1.72. The lowest BCUT2D eigenvalue weighted by Gasteiger charge is -2.55. The lowest BCUT2D eigenvalue weighted by atomic mass is 9.48. The van der Waals surface area contributed by atoms with Crippen LogP contribution < -0.4 is 0 Å². The van der Waals surface area contributed by atoms with Gasteiger partial charge in [-0.2, -0.15) is 0 Å². The third-order valence-corrected chi connectivity index (χ3v) is 7.27. The van der Waals surface area contributed by atoms with Crippen molar-refractivity contribution in [3.8, 4) is 0 Å². The van der Waals surface area contributed by atoms with E-state index in [4.69, 9.17) is 0 Å². The van der Waals surface area contributed by atoms with Crippen molar-refractivity contribution in [2.75, 3.05) is 0 Å². The summed E-state index contributed by atoms with van der Waals surface area (Å²) < 4.78 is 0. The molecule has 0 aromatic rings. The van der Waals surface area contributed by atoms with Crippen molar-refractivity contribution in [1.29, 1.82) is 0 Å². The minimum atomic E-state index is -0.0487. The second kappa shape index (κ2) is 4.18. The number of rotatable bonds is 0. The van der Waals surface area contributed by atoms with E-state index >= 15 is 0 Å². The van der Waals surface area contributed by atoms with E-state index in [0.29, 0.717) is 23.5 Å². The van der Waals surface area contributed by atoms with Crippen LogP contribution in [0.3, 0.4) is 0 Å². The van der Waals surface area contributed by atoms with Gasteiger partial charge in [0.2, 0.25) is 0 Å². The summed E-state index contributed by atoms with van der Waals surface area (Å²) in [5.41, 5.74) is 1.35. The Kier molecular flexibility index (Phi) is 2.68. The molecule has 0 heterocycles. The molecule has 0 amide bonds. The van der Waals surface area contributed by atoms with Crippen LogP contribution in [0, 0.1) is 28.6 Å². The van der Waals surface area contributed by atoms with Crippen molar-refractivity contribution in [3.05, 3.63) is 23.8 Å². The summed E-state index contributed by atoms with van der Waals surface area (Å²) >= 11 is 0. The number of carbonyl (C=O) groups is 2. The van der Waals surface area contributed by atoms with Gasteiger partial charge < -0.3 is 0 Å². The maximum absolute atomic E-state index is 12.3. The van der Waals surface area contributed by atoms with Crippen molar-refractivity contribution in [2.45, 2.75) is 52.4 Å². The summed E-state index contributed by atoms with van der Waals surface area (Å²) in [5, 5.41) is 0. The quantitative estimate of drug-likeness (QED) is 0.677. The normalized spacial score (nSPS) is 48.5. The van der Waals surface area contributed by atoms with E-state index < -0.39 is 0 Å². The number of hydrogen-bond donors (Lipinski definition) is 0. The zero-order valence-electron chi connectivity index (χ0n) is 13.0. The standard InChI is InChI=1S/C19H24O2/c1-18-9-7-13(20)11-12(18)3-4-14-15-5-6-17(21)19(15,2)10-8-16(14)18/h7,9,11,14-16H,3-6,8,10H2,1-2H3/t14-,15+,16+,18-,19-/m0/s1. The smallest absolute Gasteiger partial charge is 0.178 e. The Morgan fingerprint density at radius 2 is 1.86 bits per heavy atom. The molecule has 112 valence electrons. The van der Waals surface area contributed by atoms with Crippen LogP contribution in [0.5, 0.6) is 0 Å². The predicted molar refractivity (Wildman–Crippen MR) is 81.6 cm³/mol. The predicted octanol–water partition coefficient (Wildman–Crippen LogP) is 3.86. The van der Waals surface area contributed by atoms with Crippen molar-refractivity contribution >= 4 is 11.6 Å². The topological polar surface area (TPSA) is 34.1 Å². The summed E-state index contributed by atoms with van der Waals surface area (Å²) in [4.78, 5) is 24.0. The van der Waals surface area contributed by atoms with E-state index in [9.17, 15) is 9.59 Å². The number of Topliss-reactive ketones (excluding diaryl/α,β-unsaturated/α-hetero) is 1. The average Bonchev–Trinajstić information content (AvgIpc) is 2.76. The van der Waals surface area contributed by atoms with E-state index in [1.807, 2.05) is 6.08 Å². The first kappa shape index (κ1) is 13.5. The van der Waals surface area contributed by atoms with Crippen LogP contribution in [0.1, 0.15) is 52.4 Å². The monoisotopic (exact) mass is 284 g/mol. The molecule has 2 heteroatoms. The number of hydrogen-bond acceptors (Lipinski definition) is 2. The van der Waals surface area contributed by atoms with Crippen LogP contribution in [-0.2, 0) is 9.59 Å². The Bertz CT molecular complexity index is 584. The number of allylic oxidation sites excluding steroid dienone is 4. The first-order valence-electron chi connectivity index (χ1n) is 8.43. The second-order valence-corrected chi connectivity index (χ2v) is 8.02. The molecule has 0 N–H and O–H groups in total. The molecule has 0 aromatic carbocycles. The zero-order chi connectivity index (χ0) is 14.8. The van der Waals surface area contributed by atoms with Gasteiger partial charge >= 0.3 is 0 Å². The molecule has 0 saturated heterocycles. The zero-order valence-corrected chi connectivity index (χ0v) is 13.0. The molecular weight excluding hydrogens is 260 g/mol. The molecule has 0 aromatic heterocycles. The second-order valence-electron chi connectivity index (χ2n) is 8.02. The Labute approximate surface area is 126 Å². The molecule has 5 atom stereocenters. The fraction of sp³-hybridized carbons (Fsp3) is 0.684. The Morgan fingerprint density at radius 3 is 2.67 bits per heavy atom. The lowest BCUT2D eigenvalue weighted by molar-refractivity contribution is -0.131. The lowest BCUT2D eigenvalue weighted by Crippen LogP contribution is -2.49. The third kappa shape index (κ3) is 1.65. The highest BCUT2D eigenvalue weighted by atomic mass is 16.1. The summed E-state index contributed by atoms with van der Waals surface area (Å²) in [6.07, 6.45) is 12.1. The van der Waals surface area contributed by atoms with Crippen molar-refractivity contribution in [2.24, 2.45) is 28.6 Å². The summed E-state index contributed by atoms with van der Waals surface area (Å²) in [7, 11) is 0. The Morgan fingerprint density at radius 1 is 1.05 bits per heavy atom. The van der Waals surface area contributed by atoms with E-state index in [0.717, 1.165) is 32.1 Å². The SMILES string of the molecule is C[C@]12C=CC(=O)C=C1CC[C@@H]1[C@H]2CC[C@]2(C)C(=O)CC[C@H]12. The van der Waals surface area contributed by atoms with Gasteiger partial charge in [-0.25, -0.2) is 0 Å². The van der Waals surface area contributed by atoms with Crippen molar-refractivity contribution in [3.63, 3.8) is 0 Å². The van der Waals surface area contributed by atoms with E-state index in [2.05, 4.69) is 19.9 Å². The molecule has 3 saturated carbocycles. The molecule has 0 spiro atoms. The van der Waals surface area contributed by atoms with Crippen LogP contribution in [-0.4, -0.2) is 11.6 Å². The van der Waals surface area contributed by atoms with Gasteiger partial charge in [0, 0.05) is 17.3 Å². The highest BCUT2D eigenvalue weighted by Gasteiger charge is 2.58. The van der Waals surface area contributed by atoms with E-state index in [1.165, 1.54) is 12.0 Å². The molecule has 21 heavy (non-hydrogen) atoms. The molecule has 0 unspecified atom stereocenters. The molecule has 3 fully saturated rings. The van der Waals surface area contributed by atoms with Gasteiger partial charge in [-0.1, -0.05) is 25.5 Å². The number of ketones is 2. The summed E-state index contributed by atoms with van der Waals surface area (Å²) in [6, 6.07) is 0. The minimum absolute atomic E-state index is 0.0487. The van der Waals surface area contributed by atoms with Crippen molar-refractivity contribution < 1.29 is 9.59 Å². The third-order valence-electron chi connectivity index (χ3n) is 7.27. The molecule has 2 nitrogen and oxygen atoms in total. The molecular formula is C19H24O2. The van der Waals surface area contributed by atoms with Crippen molar-refractivity contribution in [1.82, 2.24) is 0 Å². The van der Waals surface area contributed by atoms with Crippen LogP contribution in [0.4, 0.5) is 0 Å². The number of carbonyl (C=O) groups excluding carboxylic acids is 2. The van der Waals surface area contributed by atoms with E-state index in [1.54, 1.807) is 6.08 Å². The highest BCUT2D eigenvalue weighted by molar-refractivity contribution is 6.01. The fourth-order valence-electron chi connectivity index (χ4n) is 5.97. The van der Waals surface area contributed by atoms with Gasteiger partial charge in [0.05, 0.1) is 0 Å². The number of fused-ring (bicyclic) bond motifs is 5. The molecule has 0 aliphatic heterocycles. The van der Waals surface area contributed by atoms with Gasteiger partial charge in [-0.05, 0) is 62.0 Å². The first-order valence-corrected chi connectivity index (χ1v) is 8.43. The summed E-state index contributed by atoms with van der Waals surface area (Å²) in [5.74, 6) is 2.51. The largest absolute Gasteiger partial charge is 0.299 e. The maximum Gasteiger partial charge on any atom is 0.178 e. The van der Waals surface area contributed by atoms with Gasteiger partial charge in [0.25, 0.3) is 0 Å². The van der Waals surface area contributed by atoms with Gasteiger partial charge in [0.1, 0.15) is 5.78 Å². The molecule has 0 radical (unpaired) electrons. The molecule has 4 aliphatic carbocycles. The van der Waals surface area contributed by atoms with Crippen LogP contribution >= 0.6 is 0 Å². The maximum atomic E-state index is 12.3. The van der Waals surface area contributed by atoms with Gasteiger partial charge in [0.15, 0.2) is 5.78 Å². The van der Waals surface area contributed by atoms with Gasteiger partial charge in [-0.3, -0.25) is 9.59 Å². The molecule has 0 bridgehead atoms. The first-order chi connectivity index (χ1) is 9.95. The van der Waals surface area contributed by atoms with E-state index in [-0.39, 0.29) is 16.6 Å². The van der Waals surface area contributed by atoms with Gasteiger partial charge in [-0.15, -0.1) is 0 Å². The minimum Gasteiger partial charge on any atom is -0.299 e. The van der Waals surface area contributed by atoms with Crippen LogP contribution in [0.2, 0.25) is 0 Å². The average molecular weight is 284 g/mol. The van der Waals surface area contributed by atoms with Crippen LogP contribution in [0.25, 0.3) is 0 Å². The molecule has 4 aliphatic rings. The highest BCUT2D eigenvalue weighted by Crippen LogP contribution is 2.63. The molecule has 4 rings (SSSR count). The fourth-order valence-corrected chi connectivity index (χ4v) is 5.97. The Hall–Kier alpha value is -1.18. The van der Waals surface area contributed by atoms with Crippen LogP contribution in [0.15, 0.2) is 23.8 Å². The summed E-state index contributed by atoms with van der Waals surface area (Å²) in [6.45, 7) is 4.54.